The zero-order valence-electron chi connectivity index (χ0n) is 14.3. The Morgan fingerprint density at radius 1 is 1.12 bits per heavy atom. The van der Waals surface area contributed by atoms with Crippen LogP contribution in [0.2, 0.25) is 5.02 Å². The summed E-state index contributed by atoms with van der Waals surface area (Å²) in [5.41, 5.74) is 0.477. The number of allylic oxidation sites excluding steroid dienone is 2. The highest BCUT2D eigenvalue weighted by molar-refractivity contribution is 6.33. The van der Waals surface area contributed by atoms with Crippen LogP contribution in [-0.2, 0) is 14.4 Å². The van der Waals surface area contributed by atoms with Crippen LogP contribution in [0.3, 0.4) is 0 Å². The molecule has 1 heterocycles. The van der Waals surface area contributed by atoms with E-state index in [9.17, 15) is 14.4 Å². The van der Waals surface area contributed by atoms with Crippen LogP contribution in [0.4, 0.5) is 5.69 Å². The minimum Gasteiger partial charge on any atom is -0.323 e. The Hall–Kier alpha value is -2.14. The fourth-order valence-corrected chi connectivity index (χ4v) is 5.46. The molecule has 134 valence electrons. The summed E-state index contributed by atoms with van der Waals surface area (Å²) < 4.78 is 0. The second-order valence-corrected chi connectivity index (χ2v) is 8.25. The number of rotatable bonds is 3. The number of halogens is 1. The summed E-state index contributed by atoms with van der Waals surface area (Å²) >= 11 is 6.09. The maximum Gasteiger partial charge on any atom is 0.247 e. The Morgan fingerprint density at radius 2 is 1.69 bits per heavy atom. The number of nitrogens with zero attached hydrogens (tertiary/aromatic N) is 1. The Morgan fingerprint density at radius 3 is 2.27 bits per heavy atom. The zero-order chi connectivity index (χ0) is 18.2. The molecule has 0 radical (unpaired) electrons. The number of amides is 3. The van der Waals surface area contributed by atoms with Gasteiger partial charge in [0.15, 0.2) is 0 Å². The molecule has 2 saturated carbocycles. The van der Waals surface area contributed by atoms with Gasteiger partial charge >= 0.3 is 0 Å². The van der Waals surface area contributed by atoms with Crippen molar-refractivity contribution in [3.63, 3.8) is 0 Å². The summed E-state index contributed by atoms with van der Waals surface area (Å²) in [5.74, 6) is 0.0894. The van der Waals surface area contributed by atoms with Crippen LogP contribution in [-0.4, -0.2) is 28.7 Å². The number of benzene rings is 1. The monoisotopic (exact) mass is 370 g/mol. The highest BCUT2D eigenvalue weighted by atomic mass is 35.5. The quantitative estimate of drug-likeness (QED) is 0.657. The molecular formula is C20H19ClN2O3. The molecule has 1 aromatic rings. The largest absolute Gasteiger partial charge is 0.323 e. The van der Waals surface area contributed by atoms with E-state index in [-0.39, 0.29) is 35.5 Å². The topological polar surface area (TPSA) is 66.5 Å². The number of likely N-dealkylation sites (tertiary alicyclic amines) is 1. The number of nitrogens with one attached hydrogen (secondary N) is 1. The van der Waals surface area contributed by atoms with Gasteiger partial charge in [0.1, 0.15) is 6.04 Å². The lowest BCUT2D eigenvalue weighted by Gasteiger charge is -2.37. The Kier molecular flexibility index (Phi) is 3.35. The lowest BCUT2D eigenvalue weighted by atomic mass is 9.63. The molecule has 3 amide bonds. The first-order chi connectivity index (χ1) is 12.5. The molecular weight excluding hydrogens is 352 g/mol. The molecule has 3 fully saturated rings. The Bertz CT molecular complexity index is 830. The molecule has 5 nitrogen and oxygen atoms in total. The van der Waals surface area contributed by atoms with E-state index < -0.39 is 11.9 Å². The fourth-order valence-electron chi connectivity index (χ4n) is 5.28. The number of imide groups is 1. The van der Waals surface area contributed by atoms with E-state index in [2.05, 4.69) is 17.5 Å². The SMILES string of the molecule is CC(C(=O)Nc1ccccc1Cl)N1C(=O)C2C3C=CC(C4CC34)C2C1=O. The van der Waals surface area contributed by atoms with E-state index >= 15 is 0 Å². The van der Waals surface area contributed by atoms with E-state index in [0.717, 1.165) is 6.42 Å². The van der Waals surface area contributed by atoms with Gasteiger partial charge < -0.3 is 5.32 Å². The van der Waals surface area contributed by atoms with Crippen molar-refractivity contribution in [2.45, 2.75) is 19.4 Å². The van der Waals surface area contributed by atoms with Gasteiger partial charge in [-0.05, 0) is 49.1 Å². The maximum absolute atomic E-state index is 13.0. The first-order valence-corrected chi connectivity index (χ1v) is 9.47. The van der Waals surface area contributed by atoms with Crippen LogP contribution in [0, 0.1) is 35.5 Å². The van der Waals surface area contributed by atoms with Crippen molar-refractivity contribution < 1.29 is 14.4 Å². The third-order valence-corrected chi connectivity index (χ3v) is 6.92. The lowest BCUT2D eigenvalue weighted by molar-refractivity contribution is -0.146. The van der Waals surface area contributed by atoms with Gasteiger partial charge in [-0.15, -0.1) is 0 Å². The molecule has 4 aliphatic carbocycles. The molecule has 0 aromatic heterocycles. The van der Waals surface area contributed by atoms with E-state index in [4.69, 9.17) is 11.6 Å². The molecule has 26 heavy (non-hydrogen) atoms. The summed E-state index contributed by atoms with van der Waals surface area (Å²) in [6, 6.07) is 6.06. The van der Waals surface area contributed by atoms with Crippen molar-refractivity contribution in [1.82, 2.24) is 4.90 Å². The van der Waals surface area contributed by atoms with Crippen LogP contribution < -0.4 is 5.32 Å². The number of hydrogen-bond acceptors (Lipinski definition) is 3. The molecule has 6 rings (SSSR count). The van der Waals surface area contributed by atoms with Gasteiger partial charge in [0.25, 0.3) is 0 Å². The highest BCUT2D eigenvalue weighted by Crippen LogP contribution is 2.65. The van der Waals surface area contributed by atoms with Crippen molar-refractivity contribution in [3.8, 4) is 0 Å². The molecule has 6 heteroatoms. The lowest BCUT2D eigenvalue weighted by Crippen LogP contribution is -2.46. The van der Waals surface area contributed by atoms with E-state index in [1.54, 1.807) is 31.2 Å². The van der Waals surface area contributed by atoms with Crippen molar-refractivity contribution in [2.24, 2.45) is 35.5 Å². The fraction of sp³-hybridized carbons (Fsp3) is 0.450. The van der Waals surface area contributed by atoms with Gasteiger partial charge in [0, 0.05) is 0 Å². The first-order valence-electron chi connectivity index (χ1n) is 9.09. The molecule has 1 aliphatic heterocycles. The van der Waals surface area contributed by atoms with Crippen LogP contribution >= 0.6 is 11.6 Å². The van der Waals surface area contributed by atoms with Crippen molar-refractivity contribution >= 4 is 35.0 Å². The predicted molar refractivity (Wildman–Crippen MR) is 96.1 cm³/mol. The molecule has 1 aromatic carbocycles. The summed E-state index contributed by atoms with van der Waals surface area (Å²) in [5, 5.41) is 3.15. The third-order valence-electron chi connectivity index (χ3n) is 6.60. The molecule has 0 spiro atoms. The molecule has 5 aliphatic rings. The van der Waals surface area contributed by atoms with Gasteiger partial charge in [0.05, 0.1) is 22.5 Å². The second kappa shape index (κ2) is 5.43. The van der Waals surface area contributed by atoms with E-state index in [1.165, 1.54) is 4.90 Å². The maximum atomic E-state index is 13.0. The third kappa shape index (κ3) is 2.07. The van der Waals surface area contributed by atoms with Gasteiger partial charge in [0.2, 0.25) is 17.7 Å². The van der Waals surface area contributed by atoms with Crippen molar-refractivity contribution in [1.29, 1.82) is 0 Å². The minimum atomic E-state index is -0.854. The van der Waals surface area contributed by atoms with E-state index in [0.29, 0.717) is 22.5 Å². The normalized spacial score (nSPS) is 37.4. The molecule has 1 N–H and O–H groups in total. The van der Waals surface area contributed by atoms with Crippen LogP contribution in [0.5, 0.6) is 0 Å². The van der Waals surface area contributed by atoms with Gasteiger partial charge in [-0.3, -0.25) is 19.3 Å². The zero-order valence-corrected chi connectivity index (χ0v) is 15.0. The van der Waals surface area contributed by atoms with Gasteiger partial charge in [-0.2, -0.15) is 0 Å². The summed E-state index contributed by atoms with van der Waals surface area (Å²) in [7, 11) is 0. The Labute approximate surface area is 156 Å². The number of para-hydroxylation sites is 1. The molecule has 7 unspecified atom stereocenters. The summed E-state index contributed by atoms with van der Waals surface area (Å²) in [6.45, 7) is 1.61. The number of anilines is 1. The van der Waals surface area contributed by atoms with Crippen molar-refractivity contribution in [2.75, 3.05) is 5.32 Å². The number of carbonyl (C=O) groups is 3. The molecule has 7 atom stereocenters. The Balaban J connectivity index is 1.39. The van der Waals surface area contributed by atoms with Crippen LogP contribution in [0.15, 0.2) is 36.4 Å². The summed E-state index contributed by atoms with van der Waals surface area (Å²) in [6.07, 6.45) is 5.38. The molecule has 2 bridgehead atoms. The predicted octanol–water partition coefficient (Wildman–Crippen LogP) is 2.72. The molecule has 1 saturated heterocycles. The highest BCUT2D eigenvalue weighted by Gasteiger charge is 2.67. The summed E-state index contributed by atoms with van der Waals surface area (Å²) in [4.78, 5) is 39.9. The van der Waals surface area contributed by atoms with Crippen molar-refractivity contribution in [3.05, 3.63) is 41.4 Å². The standard InChI is InChI=1S/C20H19ClN2O3/c1-9(18(24)22-15-5-3-2-4-14(15)21)23-19(25)16-10-6-7-11(13-8-12(10)13)17(16)20(23)26/h2-7,9-13,16-17H,8H2,1H3,(H,22,24). The van der Waals surface area contributed by atoms with Gasteiger partial charge in [-0.1, -0.05) is 35.9 Å². The second-order valence-electron chi connectivity index (χ2n) is 7.85. The van der Waals surface area contributed by atoms with Crippen LogP contribution in [0.25, 0.3) is 0 Å². The minimum absolute atomic E-state index is 0.162. The number of carbonyl (C=O) groups excluding carboxylic acids is 3. The average Bonchev–Trinajstić information content (AvgIpc) is 3.41. The van der Waals surface area contributed by atoms with Gasteiger partial charge in [-0.25, -0.2) is 0 Å². The van der Waals surface area contributed by atoms with Crippen LogP contribution in [0.1, 0.15) is 13.3 Å². The van der Waals surface area contributed by atoms with E-state index in [1.807, 2.05) is 0 Å². The number of hydrogen-bond donors (Lipinski definition) is 1. The first kappa shape index (κ1) is 16.1. The average molecular weight is 371 g/mol. The smallest absolute Gasteiger partial charge is 0.247 e.